The second kappa shape index (κ2) is 8.06. The number of benzene rings is 1. The molecule has 0 bridgehead atoms. The molecule has 0 fully saturated rings. The third-order valence-electron chi connectivity index (χ3n) is 2.12. The highest BCUT2D eigenvalue weighted by Gasteiger charge is 2.01. The number of ether oxygens (including phenoxy) is 1. The molecule has 5 heteroatoms. The fourth-order valence-corrected chi connectivity index (χ4v) is 1.48. The highest BCUT2D eigenvalue weighted by molar-refractivity contribution is 6.30. The van der Waals surface area contributed by atoms with Crippen LogP contribution in [0.2, 0.25) is 5.02 Å². The molecule has 0 radical (unpaired) electrons. The summed E-state index contributed by atoms with van der Waals surface area (Å²) >= 11 is 5.81. The maximum atomic E-state index is 11.5. The van der Waals surface area contributed by atoms with Crippen molar-refractivity contribution in [1.29, 1.82) is 0 Å². The Bertz CT molecular complexity index is 358. The van der Waals surface area contributed by atoms with E-state index in [1.54, 1.807) is 25.3 Å². The zero-order valence-electron chi connectivity index (χ0n) is 9.83. The van der Waals surface area contributed by atoms with E-state index in [0.717, 1.165) is 12.2 Å². The highest BCUT2D eigenvalue weighted by atomic mass is 35.5. The van der Waals surface area contributed by atoms with E-state index in [2.05, 4.69) is 10.6 Å². The summed E-state index contributed by atoms with van der Waals surface area (Å²) in [6, 6.07) is 7.10. The first-order valence-corrected chi connectivity index (χ1v) is 5.85. The monoisotopic (exact) mass is 256 g/mol. The fraction of sp³-hybridized carbons (Fsp3) is 0.417. The van der Waals surface area contributed by atoms with Crippen molar-refractivity contribution in [2.75, 3.05) is 32.1 Å². The number of amides is 1. The average Bonchev–Trinajstić information content (AvgIpc) is 2.29. The number of hydrogen-bond acceptors (Lipinski definition) is 3. The van der Waals surface area contributed by atoms with Gasteiger partial charge in [-0.05, 0) is 18.2 Å². The van der Waals surface area contributed by atoms with Gasteiger partial charge in [0.25, 0.3) is 0 Å². The lowest BCUT2D eigenvalue weighted by Crippen LogP contribution is -2.24. The number of rotatable bonds is 7. The van der Waals surface area contributed by atoms with Gasteiger partial charge >= 0.3 is 0 Å². The molecule has 1 aromatic carbocycles. The molecule has 0 aliphatic heterocycles. The Morgan fingerprint density at radius 1 is 1.41 bits per heavy atom. The second-order valence-electron chi connectivity index (χ2n) is 3.55. The third kappa shape index (κ3) is 6.26. The van der Waals surface area contributed by atoms with Crippen LogP contribution in [-0.4, -0.2) is 32.7 Å². The molecule has 1 amide bonds. The minimum atomic E-state index is -0.0304. The van der Waals surface area contributed by atoms with Crippen LogP contribution in [-0.2, 0) is 9.53 Å². The van der Waals surface area contributed by atoms with Gasteiger partial charge in [0, 0.05) is 37.3 Å². The molecule has 0 saturated heterocycles. The predicted octanol–water partition coefficient (Wildman–Crippen LogP) is 1.90. The third-order valence-corrected chi connectivity index (χ3v) is 2.36. The van der Waals surface area contributed by atoms with E-state index in [1.807, 2.05) is 6.07 Å². The molecule has 94 valence electrons. The summed E-state index contributed by atoms with van der Waals surface area (Å²) in [5, 5.41) is 6.49. The van der Waals surface area contributed by atoms with Crippen LogP contribution in [0.4, 0.5) is 5.69 Å². The van der Waals surface area contributed by atoms with Crippen LogP contribution in [0.15, 0.2) is 24.3 Å². The molecular weight excluding hydrogens is 240 g/mol. The van der Waals surface area contributed by atoms with E-state index in [0.29, 0.717) is 24.6 Å². The minimum absolute atomic E-state index is 0.0304. The molecule has 1 rings (SSSR count). The predicted molar refractivity (Wildman–Crippen MR) is 69.4 cm³/mol. The molecular formula is C12H17ClN2O2. The molecule has 4 nitrogen and oxygen atoms in total. The smallest absolute Gasteiger partial charge is 0.225 e. The average molecular weight is 257 g/mol. The van der Waals surface area contributed by atoms with Crippen molar-refractivity contribution in [3.8, 4) is 0 Å². The van der Waals surface area contributed by atoms with Gasteiger partial charge in [-0.25, -0.2) is 0 Å². The molecule has 2 N–H and O–H groups in total. The van der Waals surface area contributed by atoms with Crippen molar-refractivity contribution in [3.63, 3.8) is 0 Å². The van der Waals surface area contributed by atoms with Crippen LogP contribution in [0.25, 0.3) is 0 Å². The zero-order chi connectivity index (χ0) is 12.5. The lowest BCUT2D eigenvalue weighted by Gasteiger charge is -2.06. The van der Waals surface area contributed by atoms with Crippen molar-refractivity contribution in [1.82, 2.24) is 5.32 Å². The number of anilines is 1. The number of methoxy groups -OCH3 is 1. The van der Waals surface area contributed by atoms with Gasteiger partial charge < -0.3 is 15.4 Å². The quantitative estimate of drug-likeness (QED) is 0.733. The second-order valence-corrected chi connectivity index (χ2v) is 3.99. The largest absolute Gasteiger partial charge is 0.383 e. The van der Waals surface area contributed by atoms with Crippen LogP contribution in [0.1, 0.15) is 6.42 Å². The number of carbonyl (C=O) groups is 1. The lowest BCUT2D eigenvalue weighted by molar-refractivity contribution is -0.116. The Balaban J connectivity index is 2.21. The Morgan fingerprint density at radius 3 is 2.94 bits per heavy atom. The van der Waals surface area contributed by atoms with Crippen molar-refractivity contribution in [2.24, 2.45) is 0 Å². The Kier molecular flexibility index (Phi) is 6.62. The first-order valence-electron chi connectivity index (χ1n) is 5.47. The number of nitrogens with one attached hydrogen (secondary N) is 2. The first-order chi connectivity index (χ1) is 8.22. The molecule has 1 aromatic rings. The van der Waals surface area contributed by atoms with Gasteiger partial charge in [0.1, 0.15) is 0 Å². The van der Waals surface area contributed by atoms with Crippen molar-refractivity contribution in [2.45, 2.75) is 6.42 Å². The molecule has 0 aliphatic rings. The summed E-state index contributed by atoms with van der Waals surface area (Å²) in [5.74, 6) is -0.0304. The topological polar surface area (TPSA) is 50.4 Å². The minimum Gasteiger partial charge on any atom is -0.383 e. The molecule has 0 spiro atoms. The van der Waals surface area contributed by atoms with Gasteiger partial charge in [0.2, 0.25) is 5.91 Å². The van der Waals surface area contributed by atoms with Crippen molar-refractivity contribution < 1.29 is 9.53 Å². The maximum absolute atomic E-state index is 11.5. The zero-order valence-corrected chi connectivity index (χ0v) is 10.6. The van der Waals surface area contributed by atoms with Gasteiger partial charge in [-0.15, -0.1) is 0 Å². The standard InChI is InChI=1S/C12H17ClN2O2/c1-17-8-7-14-6-5-12(16)15-11-4-2-3-10(13)9-11/h2-4,9,14H,5-8H2,1H3,(H,15,16). The first kappa shape index (κ1) is 14.0. The van der Waals surface area contributed by atoms with E-state index in [4.69, 9.17) is 16.3 Å². The Hall–Kier alpha value is -1.10. The summed E-state index contributed by atoms with van der Waals surface area (Å²) in [6.07, 6.45) is 0.427. The van der Waals surface area contributed by atoms with Crippen molar-refractivity contribution >= 4 is 23.2 Å². The van der Waals surface area contributed by atoms with Gasteiger partial charge in [0.15, 0.2) is 0 Å². The van der Waals surface area contributed by atoms with Crippen LogP contribution in [0.3, 0.4) is 0 Å². The van der Waals surface area contributed by atoms with Gasteiger partial charge in [-0.2, -0.15) is 0 Å². The van der Waals surface area contributed by atoms with Crippen LogP contribution < -0.4 is 10.6 Å². The molecule has 0 atom stereocenters. The molecule has 0 unspecified atom stereocenters. The van der Waals surface area contributed by atoms with Gasteiger partial charge in [0.05, 0.1) is 6.61 Å². The maximum Gasteiger partial charge on any atom is 0.225 e. The van der Waals surface area contributed by atoms with E-state index in [-0.39, 0.29) is 5.91 Å². The number of hydrogen-bond donors (Lipinski definition) is 2. The molecule has 0 aromatic heterocycles. The SMILES string of the molecule is COCCNCCC(=O)Nc1cccc(Cl)c1. The molecule has 0 aliphatic carbocycles. The lowest BCUT2D eigenvalue weighted by atomic mass is 10.3. The van der Waals surface area contributed by atoms with Crippen LogP contribution >= 0.6 is 11.6 Å². The normalized spacial score (nSPS) is 10.2. The summed E-state index contributed by atoms with van der Waals surface area (Å²) in [4.78, 5) is 11.5. The summed E-state index contributed by atoms with van der Waals surface area (Å²) in [7, 11) is 1.65. The van der Waals surface area contributed by atoms with Crippen molar-refractivity contribution in [3.05, 3.63) is 29.3 Å². The fourth-order valence-electron chi connectivity index (χ4n) is 1.29. The van der Waals surface area contributed by atoms with Crippen LogP contribution in [0.5, 0.6) is 0 Å². The molecule has 0 heterocycles. The van der Waals surface area contributed by atoms with E-state index in [9.17, 15) is 4.79 Å². The van der Waals surface area contributed by atoms with Gasteiger partial charge in [-0.3, -0.25) is 4.79 Å². The number of halogens is 1. The Labute approximate surface area is 106 Å². The summed E-state index contributed by atoms with van der Waals surface area (Å²) in [6.45, 7) is 2.03. The van der Waals surface area contributed by atoms with Crippen LogP contribution in [0, 0.1) is 0 Å². The van der Waals surface area contributed by atoms with E-state index in [1.165, 1.54) is 0 Å². The molecule has 0 saturated carbocycles. The van der Waals surface area contributed by atoms with Gasteiger partial charge in [-0.1, -0.05) is 17.7 Å². The molecule has 17 heavy (non-hydrogen) atoms. The van der Waals surface area contributed by atoms with E-state index >= 15 is 0 Å². The number of carbonyl (C=O) groups excluding carboxylic acids is 1. The summed E-state index contributed by atoms with van der Waals surface area (Å²) in [5.41, 5.74) is 0.722. The summed E-state index contributed by atoms with van der Waals surface area (Å²) < 4.78 is 4.88. The van der Waals surface area contributed by atoms with E-state index < -0.39 is 0 Å². The Morgan fingerprint density at radius 2 is 2.24 bits per heavy atom. The highest BCUT2D eigenvalue weighted by Crippen LogP contribution is 2.14.